The summed E-state index contributed by atoms with van der Waals surface area (Å²) in [5, 5.41) is 0. The number of hydrogen-bond acceptors (Lipinski definition) is 3. The minimum absolute atomic E-state index is 0.146. The van der Waals surface area contributed by atoms with Gasteiger partial charge in [-0.3, -0.25) is 14.6 Å². The third kappa shape index (κ3) is 5.43. The molecule has 1 heterocycles. The van der Waals surface area contributed by atoms with Crippen molar-refractivity contribution in [3.05, 3.63) is 71.5 Å². The molecule has 0 saturated carbocycles. The molecule has 1 aliphatic rings. The van der Waals surface area contributed by atoms with Crippen molar-refractivity contribution in [2.45, 2.75) is 32.9 Å². The summed E-state index contributed by atoms with van der Waals surface area (Å²) in [4.78, 5) is 19.9. The molecule has 29 heavy (non-hydrogen) atoms. The van der Waals surface area contributed by atoms with Crippen LogP contribution in [0.15, 0.2) is 54.6 Å². The zero-order chi connectivity index (χ0) is 20.6. The van der Waals surface area contributed by atoms with Gasteiger partial charge in [-0.25, -0.2) is 4.39 Å². The minimum atomic E-state index is -0.260. The number of hydrogen-bond donors (Lipinski definition) is 0. The average Bonchev–Trinajstić information content (AvgIpc) is 2.97. The maximum atomic E-state index is 14.1. The van der Waals surface area contributed by atoms with E-state index in [9.17, 15) is 9.18 Å². The Morgan fingerprint density at radius 1 is 0.966 bits per heavy atom. The van der Waals surface area contributed by atoms with Crippen molar-refractivity contribution in [3.63, 3.8) is 0 Å². The van der Waals surface area contributed by atoms with Crippen LogP contribution in [0.25, 0.3) is 0 Å². The van der Waals surface area contributed by atoms with Gasteiger partial charge in [-0.15, -0.1) is 0 Å². The number of rotatable bonds is 7. The van der Waals surface area contributed by atoms with E-state index < -0.39 is 0 Å². The van der Waals surface area contributed by atoms with E-state index in [0.717, 1.165) is 43.7 Å². The fourth-order valence-electron chi connectivity index (χ4n) is 4.13. The summed E-state index contributed by atoms with van der Waals surface area (Å²) in [6.07, 6.45) is 0.962. The smallest absolute Gasteiger partial charge is 0.244 e. The van der Waals surface area contributed by atoms with Gasteiger partial charge in [0.15, 0.2) is 0 Å². The Hall–Kier alpha value is -2.24. The first-order valence-electron chi connectivity index (χ1n) is 10.7. The van der Waals surface area contributed by atoms with Gasteiger partial charge in [0.05, 0.1) is 0 Å². The molecule has 0 radical (unpaired) electrons. The van der Waals surface area contributed by atoms with Crippen molar-refractivity contribution < 1.29 is 9.18 Å². The van der Waals surface area contributed by atoms with E-state index in [1.165, 1.54) is 6.07 Å². The summed E-state index contributed by atoms with van der Waals surface area (Å²) in [7, 11) is 0. The van der Waals surface area contributed by atoms with E-state index in [2.05, 4.69) is 9.80 Å². The zero-order valence-corrected chi connectivity index (χ0v) is 17.6. The Balaban J connectivity index is 1.75. The molecule has 0 spiro atoms. The molecule has 0 bridgehead atoms. The number of nitrogens with zero attached hydrogens (tertiary/aromatic N) is 3. The zero-order valence-electron chi connectivity index (χ0n) is 17.6. The van der Waals surface area contributed by atoms with Crippen LogP contribution in [-0.4, -0.2) is 59.9 Å². The molecule has 2 aromatic carbocycles. The Kier molecular flexibility index (Phi) is 7.78. The summed E-state index contributed by atoms with van der Waals surface area (Å²) in [6, 6.07) is 16.8. The monoisotopic (exact) mass is 397 g/mol. The highest BCUT2D eigenvalue weighted by molar-refractivity contribution is 5.83. The van der Waals surface area contributed by atoms with E-state index in [1.807, 2.05) is 61.2 Å². The summed E-state index contributed by atoms with van der Waals surface area (Å²) in [6.45, 7) is 9.48. The van der Waals surface area contributed by atoms with Crippen LogP contribution < -0.4 is 0 Å². The molecule has 1 amide bonds. The Labute approximate surface area is 173 Å². The van der Waals surface area contributed by atoms with Gasteiger partial charge in [-0.1, -0.05) is 48.5 Å². The van der Waals surface area contributed by atoms with Crippen LogP contribution in [0.5, 0.6) is 0 Å². The van der Waals surface area contributed by atoms with Gasteiger partial charge in [-0.05, 0) is 38.4 Å². The molecular formula is C24H32FN3O. The third-order valence-electron chi connectivity index (χ3n) is 5.76. The maximum Gasteiger partial charge on any atom is 0.244 e. The van der Waals surface area contributed by atoms with Crippen LogP contribution in [-0.2, 0) is 11.3 Å². The molecule has 1 fully saturated rings. The summed E-state index contributed by atoms with van der Waals surface area (Å²) in [5.74, 6) is 0.0243. The van der Waals surface area contributed by atoms with Crippen LogP contribution in [0.2, 0.25) is 0 Å². The first-order chi connectivity index (χ1) is 14.1. The Bertz CT molecular complexity index is 779. The summed E-state index contributed by atoms with van der Waals surface area (Å²) < 4.78 is 14.1. The van der Waals surface area contributed by atoms with Gasteiger partial charge in [-0.2, -0.15) is 0 Å². The number of carbonyl (C=O) groups excluding carboxylic acids is 1. The second kappa shape index (κ2) is 10.5. The molecule has 4 nitrogen and oxygen atoms in total. The lowest BCUT2D eigenvalue weighted by Gasteiger charge is -2.33. The molecular weight excluding hydrogens is 365 g/mol. The fourth-order valence-corrected chi connectivity index (χ4v) is 4.13. The van der Waals surface area contributed by atoms with E-state index in [-0.39, 0.29) is 17.8 Å². The number of amides is 1. The number of carbonyl (C=O) groups is 1. The van der Waals surface area contributed by atoms with Gasteiger partial charge >= 0.3 is 0 Å². The summed E-state index contributed by atoms with van der Waals surface area (Å²) in [5.41, 5.74) is 1.78. The molecule has 0 aromatic heterocycles. The van der Waals surface area contributed by atoms with E-state index in [1.54, 1.807) is 6.07 Å². The van der Waals surface area contributed by atoms with Gasteiger partial charge in [0.2, 0.25) is 5.91 Å². The van der Waals surface area contributed by atoms with Gasteiger partial charge in [0.1, 0.15) is 11.9 Å². The predicted octanol–water partition coefficient (Wildman–Crippen LogP) is 3.94. The maximum absolute atomic E-state index is 14.1. The van der Waals surface area contributed by atoms with Crippen molar-refractivity contribution in [1.29, 1.82) is 0 Å². The SMILES string of the molecule is CCN(CC)C(=O)C(c1ccccc1)N1CCCN(Cc2ccccc2F)CC1. The molecule has 5 heteroatoms. The van der Waals surface area contributed by atoms with Gasteiger partial charge in [0, 0.05) is 44.8 Å². The van der Waals surface area contributed by atoms with Crippen molar-refractivity contribution in [2.75, 3.05) is 39.3 Å². The van der Waals surface area contributed by atoms with Crippen LogP contribution in [0.4, 0.5) is 4.39 Å². The molecule has 1 aliphatic heterocycles. The predicted molar refractivity (Wildman–Crippen MR) is 115 cm³/mol. The topological polar surface area (TPSA) is 26.8 Å². The third-order valence-corrected chi connectivity index (χ3v) is 5.76. The molecule has 1 unspecified atom stereocenters. The minimum Gasteiger partial charge on any atom is -0.342 e. The molecule has 2 aromatic rings. The van der Waals surface area contributed by atoms with E-state index in [4.69, 9.17) is 0 Å². The first kappa shape index (κ1) is 21.5. The second-order valence-electron chi connectivity index (χ2n) is 7.58. The highest BCUT2D eigenvalue weighted by atomic mass is 19.1. The van der Waals surface area contributed by atoms with Gasteiger partial charge in [0.25, 0.3) is 0 Å². The normalized spacial score (nSPS) is 16.9. The number of benzene rings is 2. The van der Waals surface area contributed by atoms with Crippen molar-refractivity contribution >= 4 is 5.91 Å². The standard InChI is InChI=1S/C24H32FN3O/c1-3-27(4-2)24(29)23(20-11-6-5-7-12-20)28-16-10-15-26(17-18-28)19-21-13-8-9-14-22(21)25/h5-9,11-14,23H,3-4,10,15-19H2,1-2H3. The van der Waals surface area contributed by atoms with Crippen molar-refractivity contribution in [1.82, 2.24) is 14.7 Å². The molecule has 0 aliphatic carbocycles. The molecule has 1 atom stereocenters. The van der Waals surface area contributed by atoms with E-state index >= 15 is 0 Å². The Morgan fingerprint density at radius 2 is 1.66 bits per heavy atom. The largest absolute Gasteiger partial charge is 0.342 e. The molecule has 156 valence electrons. The molecule has 0 N–H and O–H groups in total. The number of likely N-dealkylation sites (N-methyl/N-ethyl adjacent to an activating group) is 1. The second-order valence-corrected chi connectivity index (χ2v) is 7.58. The first-order valence-corrected chi connectivity index (χ1v) is 10.7. The summed E-state index contributed by atoms with van der Waals surface area (Å²) >= 11 is 0. The van der Waals surface area contributed by atoms with Crippen LogP contribution in [0.1, 0.15) is 37.4 Å². The van der Waals surface area contributed by atoms with Crippen LogP contribution in [0.3, 0.4) is 0 Å². The Morgan fingerprint density at radius 3 is 2.34 bits per heavy atom. The number of halogens is 1. The lowest BCUT2D eigenvalue weighted by atomic mass is 10.0. The van der Waals surface area contributed by atoms with Crippen molar-refractivity contribution in [3.8, 4) is 0 Å². The van der Waals surface area contributed by atoms with Gasteiger partial charge < -0.3 is 4.90 Å². The van der Waals surface area contributed by atoms with Crippen LogP contribution in [0, 0.1) is 5.82 Å². The van der Waals surface area contributed by atoms with E-state index in [0.29, 0.717) is 19.6 Å². The lowest BCUT2D eigenvalue weighted by molar-refractivity contribution is -0.137. The lowest BCUT2D eigenvalue weighted by Crippen LogP contribution is -2.44. The average molecular weight is 398 g/mol. The fraction of sp³-hybridized carbons (Fsp3) is 0.458. The highest BCUT2D eigenvalue weighted by Crippen LogP contribution is 2.25. The quantitative estimate of drug-likeness (QED) is 0.708. The van der Waals surface area contributed by atoms with Crippen molar-refractivity contribution in [2.24, 2.45) is 0 Å². The van der Waals surface area contributed by atoms with Crippen LogP contribution >= 0.6 is 0 Å². The highest BCUT2D eigenvalue weighted by Gasteiger charge is 2.31. The molecule has 1 saturated heterocycles. The molecule has 3 rings (SSSR count).